The first-order chi connectivity index (χ1) is 5.83. The van der Waals surface area contributed by atoms with Crippen molar-refractivity contribution in [2.45, 2.75) is 25.4 Å². The third kappa shape index (κ3) is 1.18. The van der Waals surface area contributed by atoms with E-state index in [4.69, 9.17) is 10.8 Å². The van der Waals surface area contributed by atoms with Crippen molar-refractivity contribution in [1.29, 1.82) is 0 Å². The van der Waals surface area contributed by atoms with Crippen LogP contribution in [0.25, 0.3) is 0 Å². The van der Waals surface area contributed by atoms with Crippen LogP contribution in [0.15, 0.2) is 18.2 Å². The molecule has 1 saturated carbocycles. The molecular weight excluding hydrogens is 150 g/mol. The second kappa shape index (κ2) is 2.79. The Morgan fingerprint density at radius 3 is 2.75 bits per heavy atom. The maximum absolute atomic E-state index is 9.10. The first kappa shape index (κ1) is 7.62. The van der Waals surface area contributed by atoms with Gasteiger partial charge in [-0.15, -0.1) is 0 Å². The molecule has 0 radical (unpaired) electrons. The smallest absolute Gasteiger partial charge is 0.0704 e. The van der Waals surface area contributed by atoms with E-state index in [1.165, 1.54) is 18.4 Å². The molecule has 0 bridgehead atoms. The molecule has 1 aliphatic rings. The average molecular weight is 163 g/mol. The van der Waals surface area contributed by atoms with Crippen LogP contribution < -0.4 is 5.73 Å². The minimum Gasteiger partial charge on any atom is -0.398 e. The molecule has 2 rings (SSSR count). The maximum Gasteiger partial charge on any atom is 0.0704 e. The van der Waals surface area contributed by atoms with Crippen LogP contribution in [0, 0.1) is 0 Å². The molecular formula is C10H13NO. The van der Waals surface area contributed by atoms with Crippen LogP contribution in [0.2, 0.25) is 0 Å². The summed E-state index contributed by atoms with van der Waals surface area (Å²) in [7, 11) is 0. The number of nitrogens with two attached hydrogens (primary N) is 1. The van der Waals surface area contributed by atoms with Crippen LogP contribution in [-0.4, -0.2) is 5.11 Å². The minimum absolute atomic E-state index is 0.0680. The van der Waals surface area contributed by atoms with E-state index in [1.54, 1.807) is 0 Å². The molecule has 1 aliphatic carbocycles. The number of aliphatic hydroxyl groups excluding tert-OH is 1. The fourth-order valence-electron chi connectivity index (χ4n) is 1.58. The zero-order chi connectivity index (χ0) is 8.55. The van der Waals surface area contributed by atoms with E-state index in [1.807, 2.05) is 12.1 Å². The van der Waals surface area contributed by atoms with Gasteiger partial charge in [-0.1, -0.05) is 12.1 Å². The van der Waals surface area contributed by atoms with Crippen molar-refractivity contribution in [1.82, 2.24) is 0 Å². The predicted molar refractivity (Wildman–Crippen MR) is 48.8 cm³/mol. The maximum atomic E-state index is 9.10. The van der Waals surface area contributed by atoms with Crippen molar-refractivity contribution in [3.05, 3.63) is 29.3 Å². The molecule has 0 heterocycles. The molecule has 0 atom stereocenters. The highest BCUT2D eigenvalue weighted by Gasteiger charge is 2.26. The summed E-state index contributed by atoms with van der Waals surface area (Å²) in [5.41, 5.74) is 8.64. The van der Waals surface area contributed by atoms with Crippen molar-refractivity contribution in [2.75, 3.05) is 5.73 Å². The summed E-state index contributed by atoms with van der Waals surface area (Å²) in [6.45, 7) is 0.0680. The van der Waals surface area contributed by atoms with Gasteiger partial charge in [0.15, 0.2) is 0 Å². The van der Waals surface area contributed by atoms with Gasteiger partial charge in [0, 0.05) is 11.3 Å². The molecule has 2 nitrogen and oxygen atoms in total. The number of benzene rings is 1. The minimum atomic E-state index is 0.0680. The highest BCUT2D eigenvalue weighted by Crippen LogP contribution is 2.42. The summed E-state index contributed by atoms with van der Waals surface area (Å²) in [5, 5.41) is 9.10. The van der Waals surface area contributed by atoms with Gasteiger partial charge in [0.05, 0.1) is 6.61 Å². The second-order valence-electron chi connectivity index (χ2n) is 3.35. The van der Waals surface area contributed by atoms with Crippen molar-refractivity contribution < 1.29 is 5.11 Å². The van der Waals surface area contributed by atoms with Crippen LogP contribution >= 0.6 is 0 Å². The Bertz CT molecular complexity index is 292. The summed E-state index contributed by atoms with van der Waals surface area (Å²) in [6, 6.07) is 5.87. The number of rotatable bonds is 2. The van der Waals surface area contributed by atoms with Crippen LogP contribution in [0.3, 0.4) is 0 Å². The molecule has 0 aliphatic heterocycles. The van der Waals surface area contributed by atoms with E-state index in [9.17, 15) is 0 Å². The standard InChI is InChI=1S/C10H13NO/c11-10-3-1-2-8(7-4-5-7)9(10)6-12/h1-3,7,12H,4-6,11H2. The largest absolute Gasteiger partial charge is 0.398 e. The van der Waals surface area contributed by atoms with Crippen molar-refractivity contribution in [2.24, 2.45) is 0 Å². The van der Waals surface area contributed by atoms with Crippen LogP contribution in [0.5, 0.6) is 0 Å². The van der Waals surface area contributed by atoms with E-state index in [-0.39, 0.29) is 6.61 Å². The molecule has 64 valence electrons. The molecule has 3 N–H and O–H groups in total. The molecule has 2 heteroatoms. The Labute approximate surface area is 72.0 Å². The Hall–Kier alpha value is -1.02. The van der Waals surface area contributed by atoms with Gasteiger partial charge in [-0.3, -0.25) is 0 Å². The van der Waals surface area contributed by atoms with Crippen LogP contribution in [0.1, 0.15) is 29.9 Å². The van der Waals surface area contributed by atoms with Gasteiger partial charge >= 0.3 is 0 Å². The number of hydrogen-bond donors (Lipinski definition) is 2. The summed E-state index contributed by atoms with van der Waals surface area (Å²) in [4.78, 5) is 0. The Kier molecular flexibility index (Phi) is 1.77. The Balaban J connectivity index is 2.43. The quantitative estimate of drug-likeness (QED) is 0.651. The van der Waals surface area contributed by atoms with E-state index in [2.05, 4.69) is 6.07 Å². The van der Waals surface area contributed by atoms with Crippen molar-refractivity contribution >= 4 is 5.69 Å². The zero-order valence-corrected chi connectivity index (χ0v) is 6.96. The molecule has 0 amide bonds. The van der Waals surface area contributed by atoms with Crippen LogP contribution in [-0.2, 0) is 6.61 Å². The average Bonchev–Trinajstić information content (AvgIpc) is 2.86. The van der Waals surface area contributed by atoms with Gasteiger partial charge in [0.25, 0.3) is 0 Å². The highest BCUT2D eigenvalue weighted by molar-refractivity contribution is 5.52. The van der Waals surface area contributed by atoms with E-state index >= 15 is 0 Å². The summed E-state index contributed by atoms with van der Waals surface area (Å²) in [5.74, 6) is 0.663. The zero-order valence-electron chi connectivity index (χ0n) is 6.96. The predicted octanol–water partition coefficient (Wildman–Crippen LogP) is 1.64. The lowest BCUT2D eigenvalue weighted by molar-refractivity contribution is 0.281. The van der Waals surface area contributed by atoms with Gasteiger partial charge in [0.2, 0.25) is 0 Å². The number of aliphatic hydroxyl groups is 1. The lowest BCUT2D eigenvalue weighted by Gasteiger charge is -2.08. The summed E-state index contributed by atoms with van der Waals surface area (Å²) in [6.07, 6.45) is 2.49. The van der Waals surface area contributed by atoms with E-state index < -0.39 is 0 Å². The Morgan fingerprint density at radius 2 is 2.17 bits per heavy atom. The molecule has 12 heavy (non-hydrogen) atoms. The highest BCUT2D eigenvalue weighted by atomic mass is 16.3. The van der Waals surface area contributed by atoms with E-state index in [0.717, 1.165) is 11.3 Å². The second-order valence-corrected chi connectivity index (χ2v) is 3.35. The molecule has 0 aromatic heterocycles. The topological polar surface area (TPSA) is 46.2 Å². The number of nitrogen functional groups attached to an aromatic ring is 1. The summed E-state index contributed by atoms with van der Waals surface area (Å²) < 4.78 is 0. The van der Waals surface area contributed by atoms with Crippen molar-refractivity contribution in [3.63, 3.8) is 0 Å². The third-order valence-electron chi connectivity index (χ3n) is 2.42. The van der Waals surface area contributed by atoms with Crippen LogP contribution in [0.4, 0.5) is 5.69 Å². The molecule has 0 spiro atoms. The normalized spacial score (nSPS) is 16.4. The molecule has 1 aromatic rings. The van der Waals surface area contributed by atoms with Gasteiger partial charge in [0.1, 0.15) is 0 Å². The SMILES string of the molecule is Nc1cccc(C2CC2)c1CO. The monoisotopic (exact) mass is 163 g/mol. The number of anilines is 1. The molecule has 1 fully saturated rings. The first-order valence-corrected chi connectivity index (χ1v) is 4.31. The summed E-state index contributed by atoms with van der Waals surface area (Å²) >= 11 is 0. The molecule has 0 saturated heterocycles. The van der Waals surface area contributed by atoms with Gasteiger partial charge in [-0.05, 0) is 30.4 Å². The van der Waals surface area contributed by atoms with Gasteiger partial charge in [-0.2, -0.15) is 0 Å². The van der Waals surface area contributed by atoms with Gasteiger partial charge < -0.3 is 10.8 Å². The lowest BCUT2D eigenvalue weighted by Crippen LogP contribution is -1.98. The third-order valence-corrected chi connectivity index (χ3v) is 2.42. The Morgan fingerprint density at radius 1 is 1.42 bits per heavy atom. The van der Waals surface area contributed by atoms with E-state index in [0.29, 0.717) is 5.92 Å². The molecule has 1 aromatic carbocycles. The lowest BCUT2D eigenvalue weighted by atomic mass is 10.0. The number of hydrogen-bond acceptors (Lipinski definition) is 2. The van der Waals surface area contributed by atoms with Crippen molar-refractivity contribution in [3.8, 4) is 0 Å². The molecule has 0 unspecified atom stereocenters. The fraction of sp³-hybridized carbons (Fsp3) is 0.400. The first-order valence-electron chi connectivity index (χ1n) is 4.31. The fourth-order valence-corrected chi connectivity index (χ4v) is 1.58. The van der Waals surface area contributed by atoms with Gasteiger partial charge in [-0.25, -0.2) is 0 Å².